The maximum absolute atomic E-state index is 7.02. The molecule has 0 atom stereocenters. The van der Waals surface area contributed by atoms with E-state index in [0.29, 0.717) is 17.5 Å². The standard InChI is InChI=1S/C51H44B10N4O/c52-38-35(39(53)43(57)46(60)42(38)56)27-17-21-30(22-18-27)65(29-19-15-26(16-20-29)25-9-3-1-4-10-25)33-24-23-32(36-31-13-7-8-14-34(31)66-48(33)36)50-62-49(28-11-5-2-6-12-28)63-51(64-50)37-40(54)44(58)47(61)45(59)41(37)55/h1-24H,52-61H2. The second kappa shape index (κ2) is 17.1. The molecule has 2 aromatic heterocycles. The van der Waals surface area contributed by atoms with Gasteiger partial charge in [0.25, 0.3) is 0 Å². The molecule has 0 bridgehead atoms. The second-order valence-corrected chi connectivity index (χ2v) is 17.9. The van der Waals surface area contributed by atoms with Crippen molar-refractivity contribution in [2.45, 2.75) is 0 Å². The van der Waals surface area contributed by atoms with Gasteiger partial charge >= 0.3 is 0 Å². The minimum absolute atomic E-state index is 0.592. The van der Waals surface area contributed by atoms with Crippen LogP contribution in [-0.4, -0.2) is 93.4 Å². The lowest BCUT2D eigenvalue weighted by Gasteiger charge is -2.27. The SMILES string of the molecule is Bc1c(B)c(B)c(-c2ccc(N(c3ccc(-c4ccccc4)cc3)c3ccc(-c4nc(-c5ccccc5)nc(-c5c(B)c(B)c(B)c(B)c5B)n4)c4c3oc3ccccc34)cc2)c(B)c1B. The molecule has 8 aromatic carbocycles. The van der Waals surface area contributed by atoms with Crippen LogP contribution in [0.1, 0.15) is 0 Å². The zero-order valence-corrected chi connectivity index (χ0v) is 39.6. The van der Waals surface area contributed by atoms with E-state index in [1.165, 1.54) is 71.3 Å². The highest BCUT2D eigenvalue weighted by atomic mass is 16.3. The van der Waals surface area contributed by atoms with Gasteiger partial charge in [0.15, 0.2) is 23.1 Å². The van der Waals surface area contributed by atoms with Crippen LogP contribution in [0.5, 0.6) is 0 Å². The van der Waals surface area contributed by atoms with Gasteiger partial charge in [-0.1, -0.05) is 125 Å². The van der Waals surface area contributed by atoms with E-state index >= 15 is 0 Å². The van der Waals surface area contributed by atoms with Crippen molar-refractivity contribution in [2.75, 3.05) is 4.90 Å². The van der Waals surface area contributed by atoms with Crippen molar-refractivity contribution in [1.29, 1.82) is 0 Å². The molecule has 0 aliphatic heterocycles. The summed E-state index contributed by atoms with van der Waals surface area (Å²) in [7, 11) is 22.2. The van der Waals surface area contributed by atoms with E-state index in [2.05, 4.69) is 199 Å². The zero-order chi connectivity index (χ0) is 46.0. The van der Waals surface area contributed by atoms with Crippen molar-refractivity contribution < 1.29 is 4.42 Å². The molecule has 0 radical (unpaired) electrons. The van der Waals surface area contributed by atoms with E-state index in [1.54, 1.807) is 0 Å². The summed E-state index contributed by atoms with van der Waals surface area (Å²) in [5.41, 5.74) is 25.0. The van der Waals surface area contributed by atoms with Crippen molar-refractivity contribution in [3.8, 4) is 56.4 Å². The summed E-state index contributed by atoms with van der Waals surface area (Å²) in [5.74, 6) is 1.88. The van der Waals surface area contributed by atoms with E-state index in [-0.39, 0.29) is 0 Å². The van der Waals surface area contributed by atoms with Gasteiger partial charge in [-0.2, -0.15) is 0 Å². The summed E-state index contributed by atoms with van der Waals surface area (Å²) >= 11 is 0. The lowest BCUT2D eigenvalue weighted by molar-refractivity contribution is 0.669. The Morgan fingerprint density at radius 1 is 0.348 bits per heavy atom. The molecule has 10 aromatic rings. The van der Waals surface area contributed by atoms with Crippen molar-refractivity contribution in [3.05, 3.63) is 146 Å². The Bertz CT molecular complexity index is 3480. The molecule has 0 N–H and O–H groups in total. The smallest absolute Gasteiger partial charge is 0.164 e. The number of para-hydroxylation sites is 1. The first kappa shape index (κ1) is 42.9. The van der Waals surface area contributed by atoms with Gasteiger partial charge in [0.1, 0.15) is 84.0 Å². The molecule has 2 heterocycles. The molecule has 0 saturated heterocycles. The van der Waals surface area contributed by atoms with Crippen LogP contribution in [0.25, 0.3) is 78.4 Å². The van der Waals surface area contributed by atoms with Crippen LogP contribution in [0.3, 0.4) is 0 Å². The fourth-order valence-electron chi connectivity index (χ4n) is 9.91. The Hall–Kier alpha value is -6.98. The minimum Gasteiger partial charge on any atom is -0.454 e. The van der Waals surface area contributed by atoms with Crippen molar-refractivity contribution >= 4 is 172 Å². The van der Waals surface area contributed by atoms with Gasteiger partial charge in [-0.05, 0) is 64.7 Å². The van der Waals surface area contributed by atoms with Gasteiger partial charge in [0.05, 0.1) is 5.69 Å². The van der Waals surface area contributed by atoms with Gasteiger partial charge < -0.3 is 9.32 Å². The maximum Gasteiger partial charge on any atom is 0.164 e. The largest absolute Gasteiger partial charge is 0.454 e. The monoisotopic (exact) mass is 838 g/mol. The average molecular weight is 837 g/mol. The highest BCUT2D eigenvalue weighted by molar-refractivity contribution is 6.69. The number of aromatic nitrogens is 3. The molecule has 5 nitrogen and oxygen atoms in total. The number of fused-ring (bicyclic) bond motifs is 3. The zero-order valence-electron chi connectivity index (χ0n) is 39.6. The van der Waals surface area contributed by atoms with E-state index in [9.17, 15) is 0 Å². The summed E-state index contributed by atoms with van der Waals surface area (Å²) < 4.78 is 7.02. The molecule has 304 valence electrons. The Balaban J connectivity index is 1.21. The van der Waals surface area contributed by atoms with Crippen LogP contribution < -0.4 is 59.5 Å². The molecule has 66 heavy (non-hydrogen) atoms. The summed E-state index contributed by atoms with van der Waals surface area (Å²) in [6.07, 6.45) is 0. The molecular weight excluding hydrogens is 793 g/mol. The summed E-state index contributed by atoms with van der Waals surface area (Å²) in [5, 5.41) is 1.94. The van der Waals surface area contributed by atoms with Gasteiger partial charge in [-0.25, -0.2) is 15.0 Å². The van der Waals surface area contributed by atoms with E-state index in [4.69, 9.17) is 19.4 Å². The van der Waals surface area contributed by atoms with Crippen molar-refractivity contribution in [3.63, 3.8) is 0 Å². The Morgan fingerprint density at radius 3 is 1.36 bits per heavy atom. The van der Waals surface area contributed by atoms with Crippen molar-refractivity contribution in [1.82, 2.24) is 15.0 Å². The number of hydrogen-bond donors (Lipinski definition) is 0. The highest BCUT2D eigenvalue weighted by Crippen LogP contribution is 2.46. The van der Waals surface area contributed by atoms with Crippen LogP contribution in [0.15, 0.2) is 150 Å². The quantitative estimate of drug-likeness (QED) is 0.147. The van der Waals surface area contributed by atoms with Crippen LogP contribution in [0.4, 0.5) is 17.1 Å². The third-order valence-electron chi connectivity index (χ3n) is 14.5. The molecule has 10 rings (SSSR count). The second-order valence-electron chi connectivity index (χ2n) is 17.9. The lowest BCUT2D eigenvalue weighted by atomic mass is 9.60. The fourth-order valence-corrected chi connectivity index (χ4v) is 9.91. The number of nitrogens with zero attached hydrogens (tertiary/aromatic N) is 4. The first-order valence-electron chi connectivity index (χ1n) is 22.9. The number of rotatable bonds is 8. The fraction of sp³-hybridized carbons (Fsp3) is 0. The first-order chi connectivity index (χ1) is 31.9. The van der Waals surface area contributed by atoms with E-state index in [0.717, 1.165) is 61.3 Å². The van der Waals surface area contributed by atoms with Gasteiger partial charge in [0, 0.05) is 38.8 Å². The topological polar surface area (TPSA) is 55.1 Å². The number of furan rings is 1. The summed E-state index contributed by atoms with van der Waals surface area (Å²) in [6.45, 7) is 0. The molecule has 0 aliphatic carbocycles. The molecule has 0 amide bonds. The third-order valence-corrected chi connectivity index (χ3v) is 14.5. The van der Waals surface area contributed by atoms with Gasteiger partial charge in [0.2, 0.25) is 0 Å². The molecule has 0 fully saturated rings. The van der Waals surface area contributed by atoms with Crippen LogP contribution in [0.2, 0.25) is 0 Å². The Kier molecular flexibility index (Phi) is 11.1. The van der Waals surface area contributed by atoms with E-state index < -0.39 is 0 Å². The van der Waals surface area contributed by atoms with Crippen LogP contribution in [-0.2, 0) is 0 Å². The van der Waals surface area contributed by atoms with Gasteiger partial charge in [-0.3, -0.25) is 0 Å². The summed E-state index contributed by atoms with van der Waals surface area (Å²) in [6, 6.07) is 51.2. The normalized spacial score (nSPS) is 11.3. The molecule has 15 heteroatoms. The molecule has 0 spiro atoms. The van der Waals surface area contributed by atoms with Gasteiger partial charge in [-0.15, -0.1) is 32.8 Å². The first-order valence-corrected chi connectivity index (χ1v) is 22.9. The number of anilines is 3. The Morgan fingerprint density at radius 2 is 0.788 bits per heavy atom. The number of hydrogen-bond acceptors (Lipinski definition) is 5. The van der Waals surface area contributed by atoms with Crippen LogP contribution in [0, 0.1) is 0 Å². The highest BCUT2D eigenvalue weighted by Gasteiger charge is 2.26. The molecular formula is C51H44B10N4O. The summed E-state index contributed by atoms with van der Waals surface area (Å²) in [4.78, 5) is 18.2. The predicted octanol–water partition coefficient (Wildman–Crippen LogP) is -3.84. The minimum atomic E-state index is 0.592. The molecule has 0 saturated carbocycles. The lowest BCUT2D eigenvalue weighted by Crippen LogP contribution is -2.55. The molecule has 0 unspecified atom stereocenters. The van der Waals surface area contributed by atoms with E-state index in [1.807, 2.05) is 30.3 Å². The Labute approximate surface area is 396 Å². The number of benzene rings is 8. The van der Waals surface area contributed by atoms with Crippen LogP contribution >= 0.6 is 0 Å². The average Bonchev–Trinajstić information content (AvgIpc) is 3.75. The van der Waals surface area contributed by atoms with Crippen molar-refractivity contribution in [2.24, 2.45) is 0 Å². The molecule has 0 aliphatic rings. The predicted molar refractivity (Wildman–Crippen MR) is 311 cm³/mol. The third kappa shape index (κ3) is 7.26. The maximum atomic E-state index is 7.02.